The average molecular weight is 404 g/mol. The second kappa shape index (κ2) is 8.31. The van der Waals surface area contributed by atoms with Crippen molar-refractivity contribution in [3.8, 4) is 16.8 Å². The van der Waals surface area contributed by atoms with Crippen LogP contribution in [0.15, 0.2) is 59.3 Å². The van der Waals surface area contributed by atoms with Gasteiger partial charge >= 0.3 is 5.69 Å². The van der Waals surface area contributed by atoms with Crippen LogP contribution in [0.3, 0.4) is 0 Å². The normalized spacial score (nSPS) is 10.8. The fraction of sp³-hybridized carbons (Fsp3) is 0.211. The molecule has 2 aromatic heterocycles. The van der Waals surface area contributed by atoms with E-state index in [0.717, 1.165) is 21.4 Å². The van der Waals surface area contributed by atoms with E-state index in [2.05, 4.69) is 10.1 Å². The molecule has 0 amide bonds. The third-order valence-electron chi connectivity index (χ3n) is 4.33. The first-order chi connectivity index (χ1) is 13.8. The molecule has 0 fully saturated rings. The number of hydrogen-bond donors (Lipinski definition) is 1. The number of benzene rings is 1. The van der Waals surface area contributed by atoms with E-state index < -0.39 is 36.3 Å². The minimum atomic E-state index is -1.96. The molecule has 0 unspecified atom stereocenters. The molecule has 3 rings (SSSR count). The fourth-order valence-corrected chi connectivity index (χ4v) is 2.70. The lowest BCUT2D eigenvalue weighted by Gasteiger charge is -2.11. The van der Waals surface area contributed by atoms with E-state index in [1.54, 1.807) is 12.3 Å². The number of nitrogens with zero attached hydrogens (tertiary/aromatic N) is 5. The first-order valence-electron chi connectivity index (χ1n) is 8.63. The van der Waals surface area contributed by atoms with E-state index in [0.29, 0.717) is 11.1 Å². The van der Waals surface area contributed by atoms with Crippen molar-refractivity contribution in [2.45, 2.75) is 6.54 Å². The lowest BCUT2D eigenvalue weighted by molar-refractivity contribution is 0.400. The SMILES string of the molecule is CN(C)c1ccc(-c2ccc(-n3cnn(CC(CN)=C(F)F)c3=O)c(F)c2)cn1. The van der Waals surface area contributed by atoms with Crippen LogP contribution in [0.25, 0.3) is 16.8 Å². The molecule has 2 N–H and O–H groups in total. The Morgan fingerprint density at radius 3 is 2.45 bits per heavy atom. The molecule has 0 saturated carbocycles. The minimum Gasteiger partial charge on any atom is -0.363 e. The van der Waals surface area contributed by atoms with Gasteiger partial charge in [0.2, 0.25) is 0 Å². The summed E-state index contributed by atoms with van der Waals surface area (Å²) in [6, 6.07) is 7.96. The maximum Gasteiger partial charge on any atom is 0.350 e. The highest BCUT2D eigenvalue weighted by molar-refractivity contribution is 5.65. The Balaban J connectivity index is 1.91. The molecule has 152 valence electrons. The van der Waals surface area contributed by atoms with Gasteiger partial charge in [0.05, 0.1) is 12.2 Å². The summed E-state index contributed by atoms with van der Waals surface area (Å²) >= 11 is 0. The van der Waals surface area contributed by atoms with Crippen molar-refractivity contribution >= 4 is 5.82 Å². The van der Waals surface area contributed by atoms with Crippen LogP contribution in [0, 0.1) is 5.82 Å². The first kappa shape index (κ1) is 20.3. The summed E-state index contributed by atoms with van der Waals surface area (Å²) < 4.78 is 42.0. The van der Waals surface area contributed by atoms with Crippen molar-refractivity contribution in [2.75, 3.05) is 25.5 Å². The fourth-order valence-electron chi connectivity index (χ4n) is 2.70. The zero-order chi connectivity index (χ0) is 21.1. The summed E-state index contributed by atoms with van der Waals surface area (Å²) in [5.41, 5.74) is 5.34. The molecule has 10 heteroatoms. The van der Waals surface area contributed by atoms with Gasteiger partial charge in [-0.2, -0.15) is 13.9 Å². The summed E-state index contributed by atoms with van der Waals surface area (Å²) in [6.07, 6.45) is 0.747. The molecule has 1 aromatic carbocycles. The van der Waals surface area contributed by atoms with Gasteiger partial charge < -0.3 is 10.6 Å². The molecule has 2 heterocycles. The highest BCUT2D eigenvalue weighted by Crippen LogP contribution is 2.24. The van der Waals surface area contributed by atoms with Crippen molar-refractivity contribution in [2.24, 2.45) is 5.73 Å². The van der Waals surface area contributed by atoms with Crippen molar-refractivity contribution in [3.05, 3.63) is 70.8 Å². The molecule has 0 saturated heterocycles. The van der Waals surface area contributed by atoms with Gasteiger partial charge in [-0.25, -0.2) is 23.4 Å². The molecule has 0 spiro atoms. The number of pyridine rings is 1. The van der Waals surface area contributed by atoms with Gasteiger partial charge in [0.1, 0.15) is 18.0 Å². The maximum atomic E-state index is 14.7. The Hall–Kier alpha value is -3.40. The predicted octanol–water partition coefficient (Wildman–Crippen LogP) is 2.41. The van der Waals surface area contributed by atoms with Crippen molar-refractivity contribution in [3.63, 3.8) is 0 Å². The summed E-state index contributed by atoms with van der Waals surface area (Å²) in [6.45, 7) is -0.875. The number of rotatable bonds is 6. The van der Waals surface area contributed by atoms with Gasteiger partial charge in [-0.05, 0) is 29.8 Å². The molecule has 0 aliphatic carbocycles. The molecule has 0 atom stereocenters. The number of anilines is 1. The van der Waals surface area contributed by atoms with Gasteiger partial charge in [0, 0.05) is 38.0 Å². The number of nitrogens with two attached hydrogens (primary N) is 1. The zero-order valence-corrected chi connectivity index (χ0v) is 15.8. The smallest absolute Gasteiger partial charge is 0.350 e. The zero-order valence-electron chi connectivity index (χ0n) is 15.8. The first-order valence-corrected chi connectivity index (χ1v) is 8.63. The quantitative estimate of drug-likeness (QED) is 0.682. The number of aromatic nitrogens is 4. The molecular weight excluding hydrogens is 385 g/mol. The number of hydrogen-bond acceptors (Lipinski definition) is 5. The summed E-state index contributed by atoms with van der Waals surface area (Å²) in [7, 11) is 3.73. The van der Waals surface area contributed by atoms with Crippen molar-refractivity contribution in [1.29, 1.82) is 0 Å². The molecule has 0 aliphatic heterocycles. The second-order valence-corrected chi connectivity index (χ2v) is 6.47. The van der Waals surface area contributed by atoms with Gasteiger partial charge in [0.25, 0.3) is 6.08 Å². The van der Waals surface area contributed by atoms with Crippen molar-refractivity contribution in [1.82, 2.24) is 19.3 Å². The highest BCUT2D eigenvalue weighted by atomic mass is 19.3. The van der Waals surface area contributed by atoms with E-state index in [9.17, 15) is 18.0 Å². The minimum absolute atomic E-state index is 0.0399. The molecular formula is C19H19F3N6O. The van der Waals surface area contributed by atoms with Gasteiger partial charge in [-0.3, -0.25) is 0 Å². The monoisotopic (exact) mass is 404 g/mol. The third-order valence-corrected chi connectivity index (χ3v) is 4.33. The Bertz CT molecular complexity index is 1100. The van der Waals surface area contributed by atoms with E-state index >= 15 is 0 Å². The molecule has 29 heavy (non-hydrogen) atoms. The number of halogens is 3. The van der Waals surface area contributed by atoms with E-state index in [1.807, 2.05) is 31.1 Å². The van der Waals surface area contributed by atoms with Crippen molar-refractivity contribution < 1.29 is 13.2 Å². The molecule has 0 bridgehead atoms. The van der Waals surface area contributed by atoms with Crippen LogP contribution in [-0.2, 0) is 6.54 Å². The Kier molecular flexibility index (Phi) is 5.83. The van der Waals surface area contributed by atoms with Crippen LogP contribution < -0.4 is 16.3 Å². The van der Waals surface area contributed by atoms with E-state index in [4.69, 9.17) is 5.73 Å². The molecule has 7 nitrogen and oxygen atoms in total. The van der Waals surface area contributed by atoms with Gasteiger partial charge in [-0.15, -0.1) is 0 Å². The summed E-state index contributed by atoms with van der Waals surface area (Å²) in [5.74, 6) is 0.104. The van der Waals surface area contributed by atoms with Crippen LogP contribution in [0.4, 0.5) is 19.0 Å². The lowest BCUT2D eigenvalue weighted by atomic mass is 10.1. The lowest BCUT2D eigenvalue weighted by Crippen LogP contribution is -2.26. The largest absolute Gasteiger partial charge is 0.363 e. The Labute approximate surface area is 164 Å². The topological polar surface area (TPSA) is 82.0 Å². The summed E-state index contributed by atoms with van der Waals surface area (Å²) in [4.78, 5) is 18.6. The van der Waals surface area contributed by atoms with Crippen LogP contribution in [0.1, 0.15) is 0 Å². The third kappa shape index (κ3) is 4.21. The van der Waals surface area contributed by atoms with Crippen LogP contribution >= 0.6 is 0 Å². The molecule has 0 aliphatic rings. The van der Waals surface area contributed by atoms with Crippen LogP contribution in [0.2, 0.25) is 0 Å². The second-order valence-electron chi connectivity index (χ2n) is 6.47. The highest BCUT2D eigenvalue weighted by Gasteiger charge is 2.14. The van der Waals surface area contributed by atoms with Crippen LogP contribution in [0.5, 0.6) is 0 Å². The van der Waals surface area contributed by atoms with Gasteiger partial charge in [0.15, 0.2) is 0 Å². The Morgan fingerprint density at radius 2 is 1.90 bits per heavy atom. The average Bonchev–Trinajstić information content (AvgIpc) is 3.05. The van der Waals surface area contributed by atoms with Gasteiger partial charge in [-0.1, -0.05) is 6.07 Å². The standard InChI is InChI=1S/C19H19F3N6O/c1-26(2)17-6-4-13(9-24-17)12-3-5-16(15(20)7-12)27-11-25-28(19(27)29)10-14(8-23)18(21)22/h3-7,9,11H,8,10,23H2,1-2H3. The predicted molar refractivity (Wildman–Crippen MR) is 104 cm³/mol. The maximum absolute atomic E-state index is 14.7. The molecule has 3 aromatic rings. The molecule has 0 radical (unpaired) electrons. The van der Waals surface area contributed by atoms with E-state index in [-0.39, 0.29) is 5.69 Å². The Morgan fingerprint density at radius 1 is 1.17 bits per heavy atom. The van der Waals surface area contributed by atoms with E-state index in [1.165, 1.54) is 12.1 Å². The van der Waals surface area contributed by atoms with Crippen LogP contribution in [-0.4, -0.2) is 40.0 Å². The summed E-state index contributed by atoms with van der Waals surface area (Å²) in [5, 5.41) is 3.77.